The molecule has 0 saturated heterocycles. The monoisotopic (exact) mass is 177 g/mol. The minimum Gasteiger partial charge on any atom is -0.507 e. The van der Waals surface area contributed by atoms with Crippen LogP contribution in [0.15, 0.2) is 24.3 Å². The molecule has 0 fully saturated rings. The van der Waals surface area contributed by atoms with Gasteiger partial charge in [0.05, 0.1) is 0 Å². The van der Waals surface area contributed by atoms with E-state index in [0.29, 0.717) is 0 Å². The number of hydrogen-bond acceptors (Lipinski definition) is 2. The van der Waals surface area contributed by atoms with Gasteiger partial charge >= 0.3 is 5.97 Å². The third-order valence-electron chi connectivity index (χ3n) is 1.13. The Hall–Kier alpha value is 0.126. The van der Waals surface area contributed by atoms with Crippen LogP contribution in [0.4, 0.5) is 0 Å². The van der Waals surface area contributed by atoms with Crippen LogP contribution in [0.1, 0.15) is 10.4 Å². The third kappa shape index (κ3) is 2.92. The molecule has 0 bridgehead atoms. The molecule has 0 atom stereocenters. The number of carboxylic acids is 1. The maximum atomic E-state index is 10.3. The summed E-state index contributed by atoms with van der Waals surface area (Å²) in [4.78, 5) is 10.3. The minimum absolute atomic E-state index is 0. The normalized spacial score (nSPS) is 8.36. The average molecular weight is 177 g/mol. The van der Waals surface area contributed by atoms with Gasteiger partial charge in [0.1, 0.15) is 11.3 Å². The van der Waals surface area contributed by atoms with Crippen molar-refractivity contribution in [2.45, 2.75) is 0 Å². The van der Waals surface area contributed by atoms with Crippen LogP contribution in [0.3, 0.4) is 0 Å². The Labute approximate surface area is 106 Å². The van der Waals surface area contributed by atoms with Gasteiger partial charge in [-0.2, -0.15) is 0 Å². The fourth-order valence-corrected chi connectivity index (χ4v) is 0.654. The molecular weight excluding hydrogens is 171 g/mol. The summed E-state index contributed by atoms with van der Waals surface area (Å²) in [5.74, 6) is -1.31. The van der Waals surface area contributed by atoms with E-state index in [1.165, 1.54) is 12.1 Å². The molecular formula is C7H6KO3. The number of hydrogen-bond donors (Lipinski definition) is 2. The number of benzene rings is 1. The summed E-state index contributed by atoms with van der Waals surface area (Å²) in [5, 5.41) is 17.3. The van der Waals surface area contributed by atoms with Gasteiger partial charge in [0.2, 0.25) is 0 Å². The summed E-state index contributed by atoms with van der Waals surface area (Å²) < 4.78 is 0. The van der Waals surface area contributed by atoms with Crippen LogP contribution in [-0.2, 0) is 0 Å². The van der Waals surface area contributed by atoms with E-state index in [4.69, 9.17) is 10.2 Å². The van der Waals surface area contributed by atoms with Crippen molar-refractivity contribution in [2.75, 3.05) is 0 Å². The van der Waals surface area contributed by atoms with E-state index in [1.807, 2.05) is 0 Å². The summed E-state index contributed by atoms with van der Waals surface area (Å²) in [6.07, 6.45) is 0. The topological polar surface area (TPSA) is 57.5 Å². The van der Waals surface area contributed by atoms with Crippen molar-refractivity contribution in [1.29, 1.82) is 0 Å². The second-order valence-electron chi connectivity index (χ2n) is 1.82. The summed E-state index contributed by atoms with van der Waals surface area (Å²) in [6, 6.07) is 5.81. The molecule has 0 aliphatic rings. The second-order valence-corrected chi connectivity index (χ2v) is 1.82. The van der Waals surface area contributed by atoms with Gasteiger partial charge in [-0.1, -0.05) is 12.1 Å². The van der Waals surface area contributed by atoms with Crippen LogP contribution < -0.4 is 0 Å². The average Bonchev–Trinajstić information content (AvgIpc) is 1.88. The van der Waals surface area contributed by atoms with Gasteiger partial charge in [-0.05, 0) is 12.1 Å². The van der Waals surface area contributed by atoms with Crippen molar-refractivity contribution in [3.05, 3.63) is 29.8 Å². The Morgan fingerprint density at radius 3 is 2.18 bits per heavy atom. The van der Waals surface area contributed by atoms with Gasteiger partial charge < -0.3 is 10.2 Å². The predicted molar refractivity (Wildman–Crippen MR) is 40.8 cm³/mol. The molecule has 0 aromatic heterocycles. The van der Waals surface area contributed by atoms with Crippen molar-refractivity contribution >= 4 is 57.4 Å². The quantitative estimate of drug-likeness (QED) is 0.621. The number of para-hydroxylation sites is 1. The molecule has 2 N–H and O–H groups in total. The van der Waals surface area contributed by atoms with Crippen LogP contribution in [0.25, 0.3) is 0 Å². The Kier molecular flexibility index (Phi) is 4.95. The molecule has 11 heavy (non-hydrogen) atoms. The van der Waals surface area contributed by atoms with E-state index in [1.54, 1.807) is 12.1 Å². The number of carboxylic acid groups (broad SMARTS) is 1. The van der Waals surface area contributed by atoms with Crippen molar-refractivity contribution in [2.24, 2.45) is 0 Å². The van der Waals surface area contributed by atoms with Crippen LogP contribution in [0, 0.1) is 0 Å². The van der Waals surface area contributed by atoms with Gasteiger partial charge in [-0.15, -0.1) is 0 Å². The van der Waals surface area contributed by atoms with E-state index in [9.17, 15) is 4.79 Å². The second kappa shape index (κ2) is 4.90. The van der Waals surface area contributed by atoms with Crippen molar-refractivity contribution in [3.8, 4) is 5.75 Å². The summed E-state index contributed by atoms with van der Waals surface area (Å²) in [6.45, 7) is 0. The van der Waals surface area contributed by atoms with E-state index >= 15 is 0 Å². The molecule has 0 aliphatic carbocycles. The first kappa shape index (κ1) is 11.1. The smallest absolute Gasteiger partial charge is 0.339 e. The first-order valence-electron chi connectivity index (χ1n) is 2.73. The van der Waals surface area contributed by atoms with Gasteiger partial charge in [0.15, 0.2) is 0 Å². The molecule has 1 radical (unpaired) electrons. The SMILES string of the molecule is O=C(O)c1ccccc1O.[K]. The van der Waals surface area contributed by atoms with Crippen LogP contribution in [0.5, 0.6) is 5.75 Å². The molecule has 1 aromatic rings. The maximum Gasteiger partial charge on any atom is 0.339 e. The predicted octanol–water partition coefficient (Wildman–Crippen LogP) is 0.710. The molecule has 0 saturated carbocycles. The zero-order valence-electron chi connectivity index (χ0n) is 6.11. The summed E-state index contributed by atoms with van der Waals surface area (Å²) in [5.41, 5.74) is -0.0671. The van der Waals surface area contributed by atoms with Gasteiger partial charge in [0, 0.05) is 51.4 Å². The molecule has 0 aliphatic heterocycles. The van der Waals surface area contributed by atoms with E-state index in [-0.39, 0.29) is 62.7 Å². The zero-order chi connectivity index (χ0) is 7.56. The maximum absolute atomic E-state index is 10.3. The molecule has 0 heterocycles. The number of carbonyl (C=O) groups is 1. The van der Waals surface area contributed by atoms with Crippen molar-refractivity contribution in [1.82, 2.24) is 0 Å². The molecule has 1 aromatic carbocycles. The van der Waals surface area contributed by atoms with Gasteiger partial charge in [-0.3, -0.25) is 0 Å². The zero-order valence-corrected chi connectivity index (χ0v) is 9.24. The Bertz CT molecular complexity index is 260. The Balaban J connectivity index is 0.000001000. The van der Waals surface area contributed by atoms with Crippen LogP contribution >= 0.6 is 0 Å². The molecule has 0 unspecified atom stereocenters. The molecule has 1 rings (SSSR count). The van der Waals surface area contributed by atoms with Crippen LogP contribution in [-0.4, -0.2) is 67.6 Å². The Morgan fingerprint density at radius 2 is 1.82 bits per heavy atom. The number of aromatic carboxylic acids is 1. The molecule has 0 amide bonds. The number of phenols is 1. The fraction of sp³-hybridized carbons (Fsp3) is 0. The largest absolute Gasteiger partial charge is 0.507 e. The van der Waals surface area contributed by atoms with E-state index < -0.39 is 5.97 Å². The van der Waals surface area contributed by atoms with Gasteiger partial charge in [-0.25, -0.2) is 4.79 Å². The summed E-state index contributed by atoms with van der Waals surface area (Å²) in [7, 11) is 0. The van der Waals surface area contributed by atoms with Gasteiger partial charge in [0.25, 0.3) is 0 Å². The number of aromatic hydroxyl groups is 1. The molecule has 4 heteroatoms. The minimum atomic E-state index is -1.11. The molecule has 3 nitrogen and oxygen atoms in total. The van der Waals surface area contributed by atoms with E-state index in [0.717, 1.165) is 0 Å². The third-order valence-corrected chi connectivity index (χ3v) is 1.13. The standard InChI is InChI=1S/C7H6O3.K/c8-6-4-2-1-3-5(6)7(9)10;/h1-4,8H,(H,9,10);. The van der Waals surface area contributed by atoms with E-state index in [2.05, 4.69) is 0 Å². The first-order chi connectivity index (χ1) is 4.72. The molecule has 0 spiro atoms. The van der Waals surface area contributed by atoms with Crippen molar-refractivity contribution in [3.63, 3.8) is 0 Å². The Morgan fingerprint density at radius 1 is 1.27 bits per heavy atom. The summed E-state index contributed by atoms with van der Waals surface area (Å²) >= 11 is 0. The van der Waals surface area contributed by atoms with Crippen LogP contribution in [0.2, 0.25) is 0 Å². The van der Waals surface area contributed by atoms with Crippen molar-refractivity contribution < 1.29 is 15.0 Å². The molecule has 53 valence electrons. The number of rotatable bonds is 1. The fourth-order valence-electron chi connectivity index (χ4n) is 0.654. The first-order valence-corrected chi connectivity index (χ1v) is 2.73.